The third kappa shape index (κ3) is 2.49. The van der Waals surface area contributed by atoms with Crippen molar-refractivity contribution in [2.24, 2.45) is 0 Å². The number of aromatic carboxylic acids is 1. The number of hydrogen-bond acceptors (Lipinski definition) is 2. The molecule has 1 aromatic rings. The lowest BCUT2D eigenvalue weighted by Gasteiger charge is -2.05. The minimum Gasteiger partial charge on any atom is -0.508 e. The molecule has 0 aliphatic rings. The fourth-order valence-corrected chi connectivity index (χ4v) is 1.36. The number of phenolic OH excluding ortho intramolecular Hbond substituents is 1. The maximum Gasteiger partial charge on any atom is 0.335 e. The van der Waals surface area contributed by atoms with E-state index >= 15 is 0 Å². The van der Waals surface area contributed by atoms with Gasteiger partial charge in [-0.05, 0) is 36.6 Å². The van der Waals surface area contributed by atoms with E-state index in [1.807, 2.05) is 6.92 Å². The minimum atomic E-state index is -0.934. The molecule has 76 valence electrons. The van der Waals surface area contributed by atoms with E-state index in [-0.39, 0.29) is 11.3 Å². The summed E-state index contributed by atoms with van der Waals surface area (Å²) in [6.45, 7) is 2.04. The SMILES string of the molecule is CCCCc1cc(O)ccc1C(=O)O. The zero-order valence-corrected chi connectivity index (χ0v) is 8.16. The van der Waals surface area contributed by atoms with Crippen molar-refractivity contribution in [3.63, 3.8) is 0 Å². The van der Waals surface area contributed by atoms with Crippen molar-refractivity contribution >= 4 is 5.97 Å². The average Bonchev–Trinajstić information content (AvgIpc) is 2.14. The molecule has 3 nitrogen and oxygen atoms in total. The standard InChI is InChI=1S/C11H14O3/c1-2-3-4-8-7-9(12)5-6-10(8)11(13)14/h5-7,12H,2-4H2,1H3,(H,13,14). The Kier molecular flexibility index (Phi) is 3.51. The summed E-state index contributed by atoms with van der Waals surface area (Å²) in [6, 6.07) is 4.38. The van der Waals surface area contributed by atoms with Gasteiger partial charge in [-0.3, -0.25) is 0 Å². The number of rotatable bonds is 4. The van der Waals surface area contributed by atoms with Crippen molar-refractivity contribution in [3.05, 3.63) is 29.3 Å². The average molecular weight is 194 g/mol. The smallest absolute Gasteiger partial charge is 0.335 e. The molecule has 0 saturated carbocycles. The molecule has 1 aromatic carbocycles. The lowest BCUT2D eigenvalue weighted by molar-refractivity contribution is 0.0695. The zero-order chi connectivity index (χ0) is 10.6. The van der Waals surface area contributed by atoms with E-state index in [2.05, 4.69) is 0 Å². The van der Waals surface area contributed by atoms with Gasteiger partial charge in [-0.1, -0.05) is 13.3 Å². The van der Waals surface area contributed by atoms with Crippen LogP contribution in [-0.2, 0) is 6.42 Å². The Morgan fingerprint density at radius 2 is 2.14 bits per heavy atom. The second-order valence-electron chi connectivity index (χ2n) is 3.25. The summed E-state index contributed by atoms with van der Waals surface area (Å²) in [6.07, 6.45) is 2.64. The molecule has 0 bridgehead atoms. The van der Waals surface area contributed by atoms with Crippen molar-refractivity contribution in [1.29, 1.82) is 0 Å². The summed E-state index contributed by atoms with van der Waals surface area (Å²) >= 11 is 0. The predicted octanol–water partition coefficient (Wildman–Crippen LogP) is 2.43. The number of benzene rings is 1. The Morgan fingerprint density at radius 3 is 2.71 bits per heavy atom. The highest BCUT2D eigenvalue weighted by Gasteiger charge is 2.09. The van der Waals surface area contributed by atoms with E-state index in [0.29, 0.717) is 12.0 Å². The number of aryl methyl sites for hydroxylation is 1. The van der Waals surface area contributed by atoms with Gasteiger partial charge in [0.2, 0.25) is 0 Å². The van der Waals surface area contributed by atoms with E-state index in [4.69, 9.17) is 5.11 Å². The van der Waals surface area contributed by atoms with Gasteiger partial charge in [0, 0.05) is 0 Å². The van der Waals surface area contributed by atoms with Gasteiger partial charge < -0.3 is 10.2 Å². The highest BCUT2D eigenvalue weighted by Crippen LogP contribution is 2.18. The highest BCUT2D eigenvalue weighted by atomic mass is 16.4. The molecule has 2 N–H and O–H groups in total. The Bertz CT molecular complexity index is 331. The van der Waals surface area contributed by atoms with Crippen molar-refractivity contribution in [3.8, 4) is 5.75 Å². The highest BCUT2D eigenvalue weighted by molar-refractivity contribution is 5.89. The van der Waals surface area contributed by atoms with Crippen molar-refractivity contribution in [2.45, 2.75) is 26.2 Å². The molecule has 0 radical (unpaired) electrons. The van der Waals surface area contributed by atoms with E-state index in [0.717, 1.165) is 12.8 Å². The summed E-state index contributed by atoms with van der Waals surface area (Å²) in [5.74, 6) is -0.808. The van der Waals surface area contributed by atoms with Crippen molar-refractivity contribution in [1.82, 2.24) is 0 Å². The summed E-state index contributed by atoms with van der Waals surface area (Å²) in [5.41, 5.74) is 0.996. The van der Waals surface area contributed by atoms with Crippen LogP contribution >= 0.6 is 0 Å². The lowest BCUT2D eigenvalue weighted by Crippen LogP contribution is -2.02. The molecule has 0 atom stereocenters. The first-order valence-corrected chi connectivity index (χ1v) is 4.70. The van der Waals surface area contributed by atoms with Crippen LogP contribution in [0.1, 0.15) is 35.7 Å². The zero-order valence-electron chi connectivity index (χ0n) is 8.16. The van der Waals surface area contributed by atoms with Crippen LogP contribution in [-0.4, -0.2) is 16.2 Å². The molecular weight excluding hydrogens is 180 g/mol. The first kappa shape index (κ1) is 10.6. The van der Waals surface area contributed by atoms with Crippen LogP contribution in [0, 0.1) is 0 Å². The summed E-state index contributed by atoms with van der Waals surface area (Å²) in [4.78, 5) is 10.8. The monoisotopic (exact) mass is 194 g/mol. The van der Waals surface area contributed by atoms with Crippen LogP contribution in [0.4, 0.5) is 0 Å². The van der Waals surface area contributed by atoms with Crippen LogP contribution in [0.5, 0.6) is 5.75 Å². The normalized spacial score (nSPS) is 10.1. The Morgan fingerprint density at radius 1 is 1.43 bits per heavy atom. The predicted molar refractivity (Wildman–Crippen MR) is 53.7 cm³/mol. The molecule has 0 fully saturated rings. The van der Waals surface area contributed by atoms with Gasteiger partial charge in [-0.25, -0.2) is 4.79 Å². The summed E-state index contributed by atoms with van der Waals surface area (Å²) < 4.78 is 0. The molecule has 0 heterocycles. The van der Waals surface area contributed by atoms with Crippen molar-refractivity contribution in [2.75, 3.05) is 0 Å². The molecule has 0 amide bonds. The first-order chi connectivity index (χ1) is 6.65. The number of unbranched alkanes of at least 4 members (excludes halogenated alkanes) is 1. The van der Waals surface area contributed by atoms with Gasteiger partial charge in [-0.2, -0.15) is 0 Å². The van der Waals surface area contributed by atoms with E-state index in [1.54, 1.807) is 0 Å². The number of phenols is 1. The fraction of sp³-hybridized carbons (Fsp3) is 0.364. The first-order valence-electron chi connectivity index (χ1n) is 4.70. The maximum atomic E-state index is 10.8. The van der Waals surface area contributed by atoms with Crippen LogP contribution in [0.2, 0.25) is 0 Å². The Hall–Kier alpha value is -1.51. The van der Waals surface area contributed by atoms with Crippen LogP contribution < -0.4 is 0 Å². The van der Waals surface area contributed by atoms with Gasteiger partial charge in [0.1, 0.15) is 5.75 Å². The Balaban J connectivity index is 2.97. The topological polar surface area (TPSA) is 57.5 Å². The van der Waals surface area contributed by atoms with Gasteiger partial charge in [0.15, 0.2) is 0 Å². The molecule has 14 heavy (non-hydrogen) atoms. The maximum absolute atomic E-state index is 10.8. The third-order valence-electron chi connectivity index (χ3n) is 2.12. The van der Waals surface area contributed by atoms with E-state index in [9.17, 15) is 9.90 Å². The second-order valence-corrected chi connectivity index (χ2v) is 3.25. The number of hydrogen-bond donors (Lipinski definition) is 2. The summed E-state index contributed by atoms with van der Waals surface area (Å²) in [7, 11) is 0. The van der Waals surface area contributed by atoms with Gasteiger partial charge >= 0.3 is 5.97 Å². The van der Waals surface area contributed by atoms with Crippen LogP contribution in [0.3, 0.4) is 0 Å². The molecule has 3 heteroatoms. The molecule has 0 unspecified atom stereocenters. The van der Waals surface area contributed by atoms with Gasteiger partial charge in [0.25, 0.3) is 0 Å². The molecule has 0 aliphatic heterocycles. The quantitative estimate of drug-likeness (QED) is 0.773. The molecule has 0 spiro atoms. The molecular formula is C11H14O3. The molecule has 0 aromatic heterocycles. The Labute approximate surface area is 83.0 Å². The number of carbonyl (C=O) groups is 1. The largest absolute Gasteiger partial charge is 0.508 e. The number of carboxylic acids is 1. The molecule has 1 rings (SSSR count). The number of carboxylic acid groups (broad SMARTS) is 1. The second kappa shape index (κ2) is 4.65. The molecule has 0 saturated heterocycles. The minimum absolute atomic E-state index is 0.126. The lowest BCUT2D eigenvalue weighted by atomic mass is 10.0. The fourth-order valence-electron chi connectivity index (χ4n) is 1.36. The number of aromatic hydroxyl groups is 1. The van der Waals surface area contributed by atoms with Gasteiger partial charge in [-0.15, -0.1) is 0 Å². The summed E-state index contributed by atoms with van der Waals surface area (Å²) in [5, 5.41) is 18.1. The van der Waals surface area contributed by atoms with E-state index < -0.39 is 5.97 Å². The third-order valence-corrected chi connectivity index (χ3v) is 2.12. The van der Waals surface area contributed by atoms with Crippen LogP contribution in [0.15, 0.2) is 18.2 Å². The molecule has 0 aliphatic carbocycles. The van der Waals surface area contributed by atoms with E-state index in [1.165, 1.54) is 18.2 Å². The van der Waals surface area contributed by atoms with Crippen molar-refractivity contribution < 1.29 is 15.0 Å². The van der Waals surface area contributed by atoms with Crippen LogP contribution in [0.25, 0.3) is 0 Å². The van der Waals surface area contributed by atoms with Gasteiger partial charge in [0.05, 0.1) is 5.56 Å².